The topological polar surface area (TPSA) is 76.7 Å². The van der Waals surface area contributed by atoms with Crippen molar-refractivity contribution in [1.29, 1.82) is 0 Å². The van der Waals surface area contributed by atoms with E-state index in [0.717, 1.165) is 6.54 Å². The highest BCUT2D eigenvalue weighted by Crippen LogP contribution is 2.51. The van der Waals surface area contributed by atoms with Gasteiger partial charge in [0.2, 0.25) is 17.2 Å². The molecule has 1 saturated carbocycles. The minimum atomic E-state index is 0.125. The molecule has 1 aliphatic carbocycles. The fourth-order valence-electron chi connectivity index (χ4n) is 1.58. The Morgan fingerprint density at radius 1 is 1.47 bits per heavy atom. The molecule has 1 aromatic rings. The van der Waals surface area contributed by atoms with Gasteiger partial charge in [-0.25, -0.2) is 0 Å². The van der Waals surface area contributed by atoms with Gasteiger partial charge in [0.15, 0.2) is 0 Å². The molecule has 0 amide bonds. The summed E-state index contributed by atoms with van der Waals surface area (Å²) < 4.78 is 0. The third-order valence-electron chi connectivity index (χ3n) is 2.85. The zero-order chi connectivity index (χ0) is 11.1. The molecule has 82 valence electrons. The predicted octanol–water partition coefficient (Wildman–Crippen LogP) is 1.57. The van der Waals surface area contributed by atoms with Crippen molar-refractivity contribution in [3.63, 3.8) is 0 Å². The van der Waals surface area contributed by atoms with E-state index >= 15 is 0 Å². The van der Waals surface area contributed by atoms with Crippen molar-refractivity contribution in [2.24, 2.45) is 11.3 Å². The largest absolute Gasteiger partial charge is 0.368 e. The smallest absolute Gasteiger partial charge is 0.228 e. The average Bonchev–Trinajstić information content (AvgIpc) is 2.69. The molecule has 1 aromatic heterocycles. The van der Waals surface area contributed by atoms with Gasteiger partial charge >= 0.3 is 0 Å². The van der Waals surface area contributed by atoms with Gasteiger partial charge in [-0.3, -0.25) is 0 Å². The van der Waals surface area contributed by atoms with E-state index in [2.05, 4.69) is 34.1 Å². The molecule has 1 unspecified atom stereocenters. The average molecular weight is 228 g/mol. The van der Waals surface area contributed by atoms with E-state index in [1.54, 1.807) is 0 Å². The Kier molecular flexibility index (Phi) is 2.42. The predicted molar refractivity (Wildman–Crippen MR) is 59.6 cm³/mol. The molecular weight excluding hydrogens is 214 g/mol. The number of nitrogens with zero attached hydrogens (tertiary/aromatic N) is 3. The highest BCUT2D eigenvalue weighted by Gasteiger charge is 2.45. The molecule has 1 atom stereocenters. The number of nitrogens with one attached hydrogen (secondary N) is 1. The van der Waals surface area contributed by atoms with Crippen LogP contribution in [0.25, 0.3) is 0 Å². The van der Waals surface area contributed by atoms with E-state index in [0.29, 0.717) is 17.3 Å². The van der Waals surface area contributed by atoms with E-state index in [-0.39, 0.29) is 11.2 Å². The number of halogens is 1. The van der Waals surface area contributed by atoms with E-state index < -0.39 is 0 Å². The van der Waals surface area contributed by atoms with Crippen LogP contribution in [0.5, 0.6) is 0 Å². The Balaban J connectivity index is 1.94. The maximum absolute atomic E-state index is 5.65. The molecule has 2 rings (SSSR count). The summed E-state index contributed by atoms with van der Waals surface area (Å²) >= 11 is 5.65. The van der Waals surface area contributed by atoms with Crippen LogP contribution < -0.4 is 11.1 Å². The molecular formula is C9H14ClN5. The first-order chi connectivity index (χ1) is 6.97. The third-order valence-corrected chi connectivity index (χ3v) is 3.02. The first kappa shape index (κ1) is 10.4. The third kappa shape index (κ3) is 2.47. The number of anilines is 2. The Morgan fingerprint density at radius 3 is 2.67 bits per heavy atom. The van der Waals surface area contributed by atoms with Crippen molar-refractivity contribution < 1.29 is 0 Å². The van der Waals surface area contributed by atoms with Gasteiger partial charge in [-0.15, -0.1) is 0 Å². The molecule has 1 fully saturated rings. The van der Waals surface area contributed by atoms with Crippen molar-refractivity contribution in [1.82, 2.24) is 15.0 Å². The minimum Gasteiger partial charge on any atom is -0.368 e. The highest BCUT2D eigenvalue weighted by atomic mass is 35.5. The molecule has 0 bridgehead atoms. The van der Waals surface area contributed by atoms with Crippen molar-refractivity contribution in [2.75, 3.05) is 17.6 Å². The van der Waals surface area contributed by atoms with Gasteiger partial charge in [0.25, 0.3) is 0 Å². The number of rotatable bonds is 3. The van der Waals surface area contributed by atoms with Gasteiger partial charge in [0.05, 0.1) is 0 Å². The molecule has 0 aliphatic heterocycles. The standard InChI is InChI=1S/C9H14ClN5/c1-9(2)3-5(9)4-12-8-14-6(10)13-7(11)15-8/h5H,3-4H2,1-2H3,(H3,11,12,13,14,15). The Labute approximate surface area is 93.5 Å². The van der Waals surface area contributed by atoms with Crippen LogP contribution in [0.4, 0.5) is 11.9 Å². The first-order valence-corrected chi connectivity index (χ1v) is 5.26. The SMILES string of the molecule is CC1(C)CC1CNc1nc(N)nc(Cl)n1. The van der Waals surface area contributed by atoms with Crippen LogP contribution in [0.15, 0.2) is 0 Å². The number of hydrogen-bond donors (Lipinski definition) is 2. The normalized spacial score (nSPS) is 22.5. The number of aromatic nitrogens is 3. The number of nitrogen functional groups attached to an aromatic ring is 1. The summed E-state index contributed by atoms with van der Waals surface area (Å²) in [6.07, 6.45) is 1.23. The quantitative estimate of drug-likeness (QED) is 0.820. The summed E-state index contributed by atoms with van der Waals surface area (Å²) in [7, 11) is 0. The minimum absolute atomic E-state index is 0.125. The zero-order valence-electron chi connectivity index (χ0n) is 8.79. The van der Waals surface area contributed by atoms with E-state index in [9.17, 15) is 0 Å². The van der Waals surface area contributed by atoms with Crippen molar-refractivity contribution in [2.45, 2.75) is 20.3 Å². The summed E-state index contributed by atoms with van der Waals surface area (Å²) in [5.74, 6) is 1.28. The molecule has 0 spiro atoms. The lowest BCUT2D eigenvalue weighted by Gasteiger charge is -2.06. The molecule has 0 saturated heterocycles. The summed E-state index contributed by atoms with van der Waals surface area (Å²) in [4.78, 5) is 11.6. The molecule has 1 heterocycles. The van der Waals surface area contributed by atoms with Crippen LogP contribution in [0.3, 0.4) is 0 Å². The summed E-state index contributed by atoms with van der Waals surface area (Å²) in [6, 6.07) is 0. The zero-order valence-corrected chi connectivity index (χ0v) is 9.54. The van der Waals surface area contributed by atoms with E-state index in [1.807, 2.05) is 0 Å². The first-order valence-electron chi connectivity index (χ1n) is 4.88. The van der Waals surface area contributed by atoms with Gasteiger partial charge in [-0.05, 0) is 29.4 Å². The molecule has 6 heteroatoms. The van der Waals surface area contributed by atoms with Crippen LogP contribution in [0, 0.1) is 11.3 Å². The summed E-state index contributed by atoms with van der Waals surface area (Å²) in [5, 5.41) is 3.24. The van der Waals surface area contributed by atoms with Crippen LogP contribution in [-0.4, -0.2) is 21.5 Å². The molecule has 15 heavy (non-hydrogen) atoms. The number of nitrogens with two attached hydrogens (primary N) is 1. The van der Waals surface area contributed by atoms with Crippen molar-refractivity contribution in [3.8, 4) is 0 Å². The Hall–Kier alpha value is -1.10. The molecule has 3 N–H and O–H groups in total. The number of hydrogen-bond acceptors (Lipinski definition) is 5. The lowest BCUT2D eigenvalue weighted by atomic mass is 10.1. The molecule has 0 aromatic carbocycles. The van der Waals surface area contributed by atoms with E-state index in [4.69, 9.17) is 17.3 Å². The molecule has 1 aliphatic rings. The second-order valence-electron chi connectivity index (χ2n) is 4.56. The lowest BCUT2D eigenvalue weighted by Crippen LogP contribution is -2.11. The molecule has 0 radical (unpaired) electrons. The highest BCUT2D eigenvalue weighted by molar-refractivity contribution is 6.28. The second kappa shape index (κ2) is 3.48. The molecule has 5 nitrogen and oxygen atoms in total. The van der Waals surface area contributed by atoms with Gasteiger partial charge in [0, 0.05) is 6.54 Å². The summed E-state index contributed by atoms with van der Waals surface area (Å²) in [5.41, 5.74) is 5.89. The Bertz CT molecular complexity index is 359. The van der Waals surface area contributed by atoms with Gasteiger partial charge in [0.1, 0.15) is 0 Å². The lowest BCUT2D eigenvalue weighted by molar-refractivity contribution is 0.572. The monoisotopic (exact) mass is 227 g/mol. The Morgan fingerprint density at radius 2 is 2.13 bits per heavy atom. The summed E-state index contributed by atoms with van der Waals surface area (Å²) in [6.45, 7) is 5.34. The van der Waals surface area contributed by atoms with Crippen LogP contribution in [0.2, 0.25) is 5.28 Å². The van der Waals surface area contributed by atoms with Gasteiger partial charge in [-0.2, -0.15) is 15.0 Å². The fourth-order valence-corrected chi connectivity index (χ4v) is 1.75. The van der Waals surface area contributed by atoms with Gasteiger partial charge in [-0.1, -0.05) is 13.8 Å². The van der Waals surface area contributed by atoms with E-state index in [1.165, 1.54) is 6.42 Å². The maximum atomic E-state index is 5.65. The van der Waals surface area contributed by atoms with Gasteiger partial charge < -0.3 is 11.1 Å². The van der Waals surface area contributed by atoms with Crippen molar-refractivity contribution in [3.05, 3.63) is 5.28 Å². The maximum Gasteiger partial charge on any atom is 0.228 e. The fraction of sp³-hybridized carbons (Fsp3) is 0.667. The second-order valence-corrected chi connectivity index (χ2v) is 4.89. The van der Waals surface area contributed by atoms with Crippen LogP contribution in [-0.2, 0) is 0 Å². The van der Waals surface area contributed by atoms with Crippen molar-refractivity contribution >= 4 is 23.5 Å². The van der Waals surface area contributed by atoms with Crippen LogP contribution >= 0.6 is 11.6 Å². The van der Waals surface area contributed by atoms with Crippen LogP contribution in [0.1, 0.15) is 20.3 Å².